The fourth-order valence-electron chi connectivity index (χ4n) is 2.13. The quantitative estimate of drug-likeness (QED) is 0.618. The number of ketones is 1. The number of carbonyl (C=O) groups is 2. The predicted octanol–water partition coefficient (Wildman–Crippen LogP) is 4.02. The molecule has 1 atom stereocenters. The van der Waals surface area contributed by atoms with Crippen molar-refractivity contribution in [3.05, 3.63) is 77.9 Å². The van der Waals surface area contributed by atoms with Crippen molar-refractivity contribution in [2.75, 3.05) is 0 Å². The van der Waals surface area contributed by atoms with Crippen LogP contribution >= 0.6 is 0 Å². The Morgan fingerprint density at radius 2 is 1.45 bits per heavy atom. The molecule has 0 bridgehead atoms. The monoisotopic (exact) mass is 298 g/mol. The van der Waals surface area contributed by atoms with Gasteiger partial charge in [-0.15, -0.1) is 0 Å². The number of carbonyl (C=O) groups excluding carboxylic acids is 2. The van der Waals surface area contributed by atoms with E-state index in [0.717, 1.165) is 0 Å². The van der Waals surface area contributed by atoms with Crippen LogP contribution < -0.4 is 0 Å². The Balaban J connectivity index is 2.33. The van der Waals surface area contributed by atoms with Gasteiger partial charge in [-0.1, -0.05) is 73.7 Å². The van der Waals surface area contributed by atoms with Crippen molar-refractivity contribution in [3.63, 3.8) is 0 Å². The first-order chi connectivity index (χ1) is 10.6. The van der Waals surface area contributed by atoms with Crippen LogP contribution in [-0.4, -0.2) is 11.8 Å². The summed E-state index contributed by atoms with van der Waals surface area (Å²) in [6.07, 6.45) is 1.42. The molecule has 0 amide bonds. The van der Waals surface area contributed by atoms with E-state index in [2.05, 4.69) is 4.94 Å². The van der Waals surface area contributed by atoms with Gasteiger partial charge in [-0.25, -0.2) is 9.74 Å². The van der Waals surface area contributed by atoms with Gasteiger partial charge in [0.15, 0.2) is 5.78 Å². The third-order valence-corrected chi connectivity index (χ3v) is 3.26. The summed E-state index contributed by atoms with van der Waals surface area (Å²) < 4.78 is 12.3. The Bertz CT molecular complexity index is 678. The molecule has 0 radical (unpaired) electrons. The van der Waals surface area contributed by atoms with Crippen molar-refractivity contribution in [1.82, 2.24) is 0 Å². The van der Waals surface area contributed by atoms with Crippen molar-refractivity contribution in [1.29, 1.82) is 0 Å². The van der Waals surface area contributed by atoms with Crippen LogP contribution in [0.3, 0.4) is 0 Å². The van der Waals surface area contributed by atoms with Gasteiger partial charge in [-0.05, 0) is 5.56 Å². The third kappa shape index (κ3) is 3.67. The highest BCUT2D eigenvalue weighted by Crippen LogP contribution is 2.20. The Hall–Kier alpha value is -2.75. The number of rotatable bonds is 5. The number of hydrogen-bond donors (Lipinski definition) is 0. The van der Waals surface area contributed by atoms with Gasteiger partial charge in [0.1, 0.15) is 0 Å². The molecule has 0 aromatic heterocycles. The van der Waals surface area contributed by atoms with E-state index in [1.165, 1.54) is 6.08 Å². The van der Waals surface area contributed by atoms with Crippen LogP contribution in [-0.2, 0) is 9.74 Å². The fourth-order valence-corrected chi connectivity index (χ4v) is 2.13. The van der Waals surface area contributed by atoms with Gasteiger partial charge >= 0.3 is 5.97 Å². The van der Waals surface area contributed by atoms with Crippen molar-refractivity contribution in [2.45, 2.75) is 6.92 Å². The summed E-state index contributed by atoms with van der Waals surface area (Å²) in [7, 11) is 0. The minimum atomic E-state index is -1.11. The maximum absolute atomic E-state index is 12.3. The summed E-state index contributed by atoms with van der Waals surface area (Å²) in [5, 5.41) is 0. The van der Waals surface area contributed by atoms with Crippen LogP contribution in [0.25, 0.3) is 5.57 Å². The highest BCUT2D eigenvalue weighted by molar-refractivity contribution is 6.17. The number of Topliss-reactive ketones (excluding diaryl/α,β-unsaturated/α-hetero) is 1. The predicted molar refractivity (Wildman–Crippen MR) is 81.6 cm³/mol. The van der Waals surface area contributed by atoms with E-state index in [9.17, 15) is 14.1 Å². The summed E-state index contributed by atoms with van der Waals surface area (Å²) in [5.74, 6) is -1.85. The summed E-state index contributed by atoms with van der Waals surface area (Å²) >= 11 is 0. The highest BCUT2D eigenvalue weighted by atomic mass is 19.3. The van der Waals surface area contributed by atoms with E-state index in [1.54, 1.807) is 61.5 Å². The molecular weight excluding hydrogens is 283 g/mol. The molecule has 2 aromatic carbocycles. The molecule has 0 aliphatic heterocycles. The van der Waals surface area contributed by atoms with Crippen LogP contribution in [0.5, 0.6) is 0 Å². The molecule has 2 aromatic rings. The molecule has 3 nitrogen and oxygen atoms in total. The van der Waals surface area contributed by atoms with Crippen molar-refractivity contribution in [3.8, 4) is 0 Å². The van der Waals surface area contributed by atoms with Crippen LogP contribution in [0, 0.1) is 5.92 Å². The molecule has 22 heavy (non-hydrogen) atoms. The van der Waals surface area contributed by atoms with Crippen molar-refractivity contribution >= 4 is 17.3 Å². The standard InChI is InChI=1S/C18H15FO3/c1-13(17(20)15-10-6-3-7-11-15)12-16(18(21)22-19)14-8-4-2-5-9-14/h2-13H,1H3. The SMILES string of the molecule is CC(C=C(C(=O)OF)c1ccccc1)C(=O)c1ccccc1. The number of allylic oxidation sites excluding steroid dienone is 1. The lowest BCUT2D eigenvalue weighted by Crippen LogP contribution is -2.11. The van der Waals surface area contributed by atoms with Gasteiger partial charge in [0.25, 0.3) is 0 Å². The maximum atomic E-state index is 12.3. The second-order valence-electron chi connectivity index (χ2n) is 4.83. The Kier molecular flexibility index (Phi) is 5.20. The van der Waals surface area contributed by atoms with E-state index >= 15 is 0 Å². The highest BCUT2D eigenvalue weighted by Gasteiger charge is 2.19. The molecule has 0 saturated heterocycles. The smallest absolute Gasteiger partial charge is 0.294 e. The second kappa shape index (κ2) is 7.31. The van der Waals surface area contributed by atoms with Gasteiger partial charge in [0, 0.05) is 16.0 Å². The second-order valence-corrected chi connectivity index (χ2v) is 4.83. The molecule has 1 unspecified atom stereocenters. The normalized spacial score (nSPS) is 12.5. The van der Waals surface area contributed by atoms with Gasteiger partial charge in [-0.3, -0.25) is 4.79 Å². The van der Waals surface area contributed by atoms with Crippen LogP contribution in [0.4, 0.5) is 4.53 Å². The molecule has 0 heterocycles. The van der Waals surface area contributed by atoms with E-state index < -0.39 is 11.9 Å². The van der Waals surface area contributed by atoms with Crippen LogP contribution in [0.1, 0.15) is 22.8 Å². The summed E-state index contributed by atoms with van der Waals surface area (Å²) in [6, 6.07) is 17.3. The first-order valence-corrected chi connectivity index (χ1v) is 6.83. The third-order valence-electron chi connectivity index (χ3n) is 3.26. The van der Waals surface area contributed by atoms with Gasteiger partial charge in [0.2, 0.25) is 0 Å². The minimum Gasteiger partial charge on any atom is -0.294 e. The Labute approximate surface area is 127 Å². The average Bonchev–Trinajstić information content (AvgIpc) is 2.59. The van der Waals surface area contributed by atoms with Crippen LogP contribution in [0.15, 0.2) is 66.7 Å². The topological polar surface area (TPSA) is 43.4 Å². The molecule has 0 saturated carbocycles. The zero-order valence-electron chi connectivity index (χ0n) is 12.0. The zero-order chi connectivity index (χ0) is 15.9. The van der Waals surface area contributed by atoms with E-state index in [1.807, 2.05) is 6.07 Å². The molecule has 0 spiro atoms. The molecular formula is C18H15FO3. The maximum Gasteiger partial charge on any atom is 0.379 e. The largest absolute Gasteiger partial charge is 0.379 e. The summed E-state index contributed by atoms with van der Waals surface area (Å²) in [6.45, 7) is 1.66. The molecule has 2 rings (SSSR count). The lowest BCUT2D eigenvalue weighted by Gasteiger charge is -2.09. The molecule has 0 aliphatic rings. The van der Waals surface area contributed by atoms with E-state index in [-0.39, 0.29) is 11.4 Å². The number of hydrogen-bond acceptors (Lipinski definition) is 3. The fraction of sp³-hybridized carbons (Fsp3) is 0.111. The minimum absolute atomic E-state index is 0.0277. The molecule has 0 fully saturated rings. The van der Waals surface area contributed by atoms with Gasteiger partial charge < -0.3 is 0 Å². The number of halogens is 1. The molecule has 0 N–H and O–H groups in total. The summed E-state index contributed by atoms with van der Waals surface area (Å²) in [5.41, 5.74) is 1.06. The first-order valence-electron chi connectivity index (χ1n) is 6.83. The molecule has 112 valence electrons. The summed E-state index contributed by atoms with van der Waals surface area (Å²) in [4.78, 5) is 27.3. The van der Waals surface area contributed by atoms with Crippen molar-refractivity contribution < 1.29 is 19.1 Å². The first kappa shape index (κ1) is 15.6. The van der Waals surface area contributed by atoms with E-state index in [4.69, 9.17) is 0 Å². The Morgan fingerprint density at radius 3 is 1.95 bits per heavy atom. The van der Waals surface area contributed by atoms with Gasteiger partial charge in [-0.2, -0.15) is 0 Å². The number of benzene rings is 2. The molecule has 0 aliphatic carbocycles. The van der Waals surface area contributed by atoms with Crippen LogP contribution in [0.2, 0.25) is 0 Å². The van der Waals surface area contributed by atoms with E-state index in [0.29, 0.717) is 11.1 Å². The molecule has 4 heteroatoms. The lowest BCUT2D eigenvalue weighted by molar-refractivity contribution is -0.175. The van der Waals surface area contributed by atoms with Gasteiger partial charge in [0.05, 0.1) is 5.57 Å². The Morgan fingerprint density at radius 1 is 0.955 bits per heavy atom. The lowest BCUT2D eigenvalue weighted by atomic mass is 9.94. The average molecular weight is 298 g/mol. The van der Waals surface area contributed by atoms with Crippen molar-refractivity contribution in [2.24, 2.45) is 5.92 Å². The zero-order valence-corrected chi connectivity index (χ0v) is 12.0.